The van der Waals surface area contributed by atoms with Crippen molar-refractivity contribution in [3.8, 4) is 11.5 Å². The molecule has 1 aromatic rings. The average Bonchev–Trinajstić information content (AvgIpc) is 2.54. The number of rotatable bonds is 5. The van der Waals surface area contributed by atoms with Gasteiger partial charge in [0.05, 0.1) is 31.8 Å². The molecule has 0 radical (unpaired) electrons. The highest BCUT2D eigenvalue weighted by Gasteiger charge is 2.32. The molecule has 1 aliphatic rings. The smallest absolute Gasteiger partial charge is 0.243 e. The minimum Gasteiger partial charge on any atom is -0.493 e. The minimum absolute atomic E-state index is 0.0519. The van der Waals surface area contributed by atoms with Gasteiger partial charge in [-0.1, -0.05) is 6.92 Å². The van der Waals surface area contributed by atoms with Crippen LogP contribution in [0, 0.1) is 6.92 Å². The number of hydrogen-bond acceptors (Lipinski definition) is 5. The van der Waals surface area contributed by atoms with Crippen LogP contribution in [0.15, 0.2) is 17.0 Å². The second kappa shape index (κ2) is 6.85. The SMILES string of the molecule is CC[C@@H]1CN(S(=O)(=O)c2cc(OC)c(OC)cc2C)CCO1. The first-order valence-corrected chi connectivity index (χ1v) is 8.72. The molecule has 0 N–H and O–H groups in total. The van der Waals surface area contributed by atoms with E-state index in [9.17, 15) is 8.42 Å². The fraction of sp³-hybridized carbons (Fsp3) is 0.600. The maximum Gasteiger partial charge on any atom is 0.243 e. The van der Waals surface area contributed by atoms with Gasteiger partial charge in [0.15, 0.2) is 11.5 Å². The molecule has 0 amide bonds. The van der Waals surface area contributed by atoms with E-state index in [4.69, 9.17) is 14.2 Å². The van der Waals surface area contributed by atoms with Gasteiger partial charge >= 0.3 is 0 Å². The summed E-state index contributed by atoms with van der Waals surface area (Å²) in [6, 6.07) is 3.21. The lowest BCUT2D eigenvalue weighted by Gasteiger charge is -2.32. The van der Waals surface area contributed by atoms with Gasteiger partial charge in [0, 0.05) is 19.2 Å². The van der Waals surface area contributed by atoms with Gasteiger partial charge in [0.1, 0.15) is 0 Å². The zero-order chi connectivity index (χ0) is 16.3. The minimum atomic E-state index is -3.58. The maximum absolute atomic E-state index is 12.9. The van der Waals surface area contributed by atoms with Crippen molar-refractivity contribution in [3.63, 3.8) is 0 Å². The predicted octanol–water partition coefficient (Wildman–Crippen LogP) is 1.81. The van der Waals surface area contributed by atoms with Crippen molar-refractivity contribution in [2.24, 2.45) is 0 Å². The highest BCUT2D eigenvalue weighted by atomic mass is 32.2. The fourth-order valence-corrected chi connectivity index (χ4v) is 4.21. The van der Waals surface area contributed by atoms with Crippen molar-refractivity contribution < 1.29 is 22.6 Å². The highest BCUT2D eigenvalue weighted by Crippen LogP contribution is 2.34. The molecule has 6 nitrogen and oxygen atoms in total. The summed E-state index contributed by atoms with van der Waals surface area (Å²) in [6.45, 7) is 4.92. The van der Waals surface area contributed by atoms with Crippen LogP contribution in [0.2, 0.25) is 0 Å². The summed E-state index contributed by atoms with van der Waals surface area (Å²) in [5.74, 6) is 0.930. The first kappa shape index (κ1) is 17.1. The molecule has 0 spiro atoms. The monoisotopic (exact) mass is 329 g/mol. The lowest BCUT2D eigenvalue weighted by molar-refractivity contribution is -0.00279. The van der Waals surface area contributed by atoms with Gasteiger partial charge in [0.25, 0.3) is 0 Å². The van der Waals surface area contributed by atoms with E-state index in [0.717, 1.165) is 6.42 Å². The molecule has 7 heteroatoms. The molecule has 1 atom stereocenters. The normalized spacial score (nSPS) is 19.9. The van der Waals surface area contributed by atoms with E-state index in [0.29, 0.717) is 36.8 Å². The quantitative estimate of drug-likeness (QED) is 0.824. The van der Waals surface area contributed by atoms with E-state index < -0.39 is 10.0 Å². The van der Waals surface area contributed by atoms with Crippen molar-refractivity contribution in [2.45, 2.75) is 31.3 Å². The van der Waals surface area contributed by atoms with E-state index in [1.54, 1.807) is 13.0 Å². The molecule has 0 aliphatic carbocycles. The van der Waals surface area contributed by atoms with Gasteiger partial charge in [-0.2, -0.15) is 4.31 Å². The van der Waals surface area contributed by atoms with Crippen LogP contribution in [0.1, 0.15) is 18.9 Å². The molecule has 1 aromatic carbocycles. The standard InChI is InChI=1S/C15H23NO5S/c1-5-12-10-16(6-7-21-12)22(17,18)15-9-14(20-4)13(19-3)8-11(15)2/h8-9,12H,5-7,10H2,1-4H3/t12-/m1/s1. The van der Waals surface area contributed by atoms with Crippen molar-refractivity contribution in [2.75, 3.05) is 33.9 Å². The van der Waals surface area contributed by atoms with Gasteiger partial charge in [-0.3, -0.25) is 0 Å². The van der Waals surface area contributed by atoms with Gasteiger partial charge in [-0.05, 0) is 25.0 Å². The molecule has 1 aliphatic heterocycles. The molecule has 1 saturated heterocycles. The Balaban J connectivity index is 2.40. The van der Waals surface area contributed by atoms with Crippen molar-refractivity contribution >= 4 is 10.0 Å². The lowest BCUT2D eigenvalue weighted by atomic mass is 10.2. The van der Waals surface area contributed by atoms with E-state index >= 15 is 0 Å². The van der Waals surface area contributed by atoms with Crippen LogP contribution >= 0.6 is 0 Å². The molecule has 2 rings (SSSR count). The summed E-state index contributed by atoms with van der Waals surface area (Å²) in [4.78, 5) is 0.252. The van der Waals surface area contributed by atoms with Crippen molar-refractivity contribution in [1.29, 1.82) is 0 Å². The van der Waals surface area contributed by atoms with Gasteiger partial charge in [-0.25, -0.2) is 8.42 Å². The predicted molar refractivity (Wildman–Crippen MR) is 83.1 cm³/mol. The number of ether oxygens (including phenoxy) is 3. The summed E-state index contributed by atoms with van der Waals surface area (Å²) < 4.78 is 43.3. The zero-order valence-electron chi connectivity index (χ0n) is 13.5. The summed E-state index contributed by atoms with van der Waals surface area (Å²) in [5, 5.41) is 0. The summed E-state index contributed by atoms with van der Waals surface area (Å²) in [7, 11) is -0.557. The van der Waals surface area contributed by atoms with Crippen LogP contribution in [0.3, 0.4) is 0 Å². The number of sulfonamides is 1. The number of morpholine rings is 1. The maximum atomic E-state index is 12.9. The third kappa shape index (κ3) is 3.21. The molecular weight excluding hydrogens is 306 g/mol. The first-order valence-electron chi connectivity index (χ1n) is 7.28. The molecule has 22 heavy (non-hydrogen) atoms. The Labute approximate surface area is 132 Å². The molecule has 0 bridgehead atoms. The number of aryl methyl sites for hydroxylation is 1. The van der Waals surface area contributed by atoms with Crippen LogP contribution < -0.4 is 9.47 Å². The topological polar surface area (TPSA) is 65.1 Å². The van der Waals surface area contributed by atoms with E-state index in [-0.39, 0.29) is 11.0 Å². The molecule has 124 valence electrons. The van der Waals surface area contributed by atoms with Crippen LogP contribution in [0.5, 0.6) is 11.5 Å². The first-order chi connectivity index (χ1) is 10.4. The van der Waals surface area contributed by atoms with Crippen LogP contribution in [-0.4, -0.2) is 52.7 Å². The molecule has 0 saturated carbocycles. The Kier molecular flexibility index (Phi) is 5.31. The Bertz CT molecular complexity index is 629. The molecular formula is C15H23NO5S. The molecule has 1 heterocycles. The summed E-state index contributed by atoms with van der Waals surface area (Å²) in [5.41, 5.74) is 0.636. The van der Waals surface area contributed by atoms with Gasteiger partial charge in [-0.15, -0.1) is 0 Å². The fourth-order valence-electron chi connectivity index (χ4n) is 2.54. The molecule has 0 unspecified atom stereocenters. The van der Waals surface area contributed by atoms with Gasteiger partial charge in [0.2, 0.25) is 10.0 Å². The second-order valence-electron chi connectivity index (χ2n) is 5.24. The summed E-state index contributed by atoms with van der Waals surface area (Å²) >= 11 is 0. The lowest BCUT2D eigenvalue weighted by Crippen LogP contribution is -2.45. The number of methoxy groups -OCH3 is 2. The van der Waals surface area contributed by atoms with Crippen molar-refractivity contribution in [3.05, 3.63) is 17.7 Å². The van der Waals surface area contributed by atoms with Crippen LogP contribution in [-0.2, 0) is 14.8 Å². The summed E-state index contributed by atoms with van der Waals surface area (Å²) in [6.07, 6.45) is 0.737. The Morgan fingerprint density at radius 2 is 1.91 bits per heavy atom. The second-order valence-corrected chi connectivity index (χ2v) is 7.14. The van der Waals surface area contributed by atoms with E-state index in [1.807, 2.05) is 6.92 Å². The third-order valence-corrected chi connectivity index (χ3v) is 5.86. The van der Waals surface area contributed by atoms with Crippen LogP contribution in [0.4, 0.5) is 0 Å². The van der Waals surface area contributed by atoms with E-state index in [2.05, 4.69) is 0 Å². The van der Waals surface area contributed by atoms with Crippen LogP contribution in [0.25, 0.3) is 0 Å². The number of nitrogens with zero attached hydrogens (tertiary/aromatic N) is 1. The Morgan fingerprint density at radius 3 is 2.50 bits per heavy atom. The third-order valence-electron chi connectivity index (χ3n) is 3.86. The molecule has 0 aromatic heterocycles. The zero-order valence-corrected chi connectivity index (χ0v) is 14.3. The highest BCUT2D eigenvalue weighted by molar-refractivity contribution is 7.89. The van der Waals surface area contributed by atoms with Gasteiger partial charge < -0.3 is 14.2 Å². The Hall–Kier alpha value is -1.31. The largest absolute Gasteiger partial charge is 0.493 e. The number of benzene rings is 1. The average molecular weight is 329 g/mol. The Morgan fingerprint density at radius 1 is 1.27 bits per heavy atom. The molecule has 1 fully saturated rings. The van der Waals surface area contributed by atoms with Crippen molar-refractivity contribution in [1.82, 2.24) is 4.31 Å². The number of hydrogen-bond donors (Lipinski definition) is 0. The van der Waals surface area contributed by atoms with E-state index in [1.165, 1.54) is 24.6 Å².